The van der Waals surface area contributed by atoms with Crippen molar-refractivity contribution in [3.05, 3.63) is 41.6 Å². The molecular formula is C15H22N4O3S. The van der Waals surface area contributed by atoms with E-state index in [4.69, 9.17) is 4.42 Å². The van der Waals surface area contributed by atoms with Crippen LogP contribution < -0.4 is 10.0 Å². The summed E-state index contributed by atoms with van der Waals surface area (Å²) in [4.78, 5) is 0.245. The summed E-state index contributed by atoms with van der Waals surface area (Å²) >= 11 is 0. The Kier molecular flexibility index (Phi) is 5.51. The van der Waals surface area contributed by atoms with Gasteiger partial charge in [-0.25, -0.2) is 13.1 Å². The summed E-state index contributed by atoms with van der Waals surface area (Å²) in [6.07, 6.45) is 0. The first-order valence-electron chi connectivity index (χ1n) is 7.42. The zero-order valence-electron chi connectivity index (χ0n) is 13.7. The minimum atomic E-state index is -3.41. The molecule has 2 N–H and O–H groups in total. The minimum absolute atomic E-state index is 0.0238. The fourth-order valence-corrected chi connectivity index (χ4v) is 2.71. The topological polar surface area (TPSA) is 97.1 Å². The van der Waals surface area contributed by atoms with Gasteiger partial charge in [0.1, 0.15) is 0 Å². The molecule has 1 atom stereocenters. The average Bonchev–Trinajstić information content (AvgIpc) is 3.02. The van der Waals surface area contributed by atoms with Crippen LogP contribution >= 0.6 is 0 Å². The molecule has 2 aromatic rings. The molecule has 0 spiro atoms. The molecule has 23 heavy (non-hydrogen) atoms. The fourth-order valence-electron chi connectivity index (χ4n) is 1.98. The smallest absolute Gasteiger partial charge is 0.240 e. The van der Waals surface area contributed by atoms with Crippen LogP contribution in [0.2, 0.25) is 0 Å². The highest BCUT2D eigenvalue weighted by atomic mass is 32.2. The van der Waals surface area contributed by atoms with Crippen molar-refractivity contribution >= 4 is 10.0 Å². The van der Waals surface area contributed by atoms with E-state index in [1.165, 1.54) is 7.05 Å². The standard InChI is InChI=1S/C15H22N4O3S/c1-10(2)15-19-18-14(22-15)9-17-11(3)12-5-7-13(8-6-12)23(20,21)16-4/h5-8,10-11,16-17H,9H2,1-4H3/t11-/m1/s1. The van der Waals surface area contributed by atoms with Crippen LogP contribution in [-0.4, -0.2) is 25.7 Å². The largest absolute Gasteiger partial charge is 0.424 e. The summed E-state index contributed by atoms with van der Waals surface area (Å²) in [5.41, 5.74) is 0.976. The van der Waals surface area contributed by atoms with Crippen LogP contribution in [0.3, 0.4) is 0 Å². The van der Waals surface area contributed by atoms with Crippen LogP contribution in [0.25, 0.3) is 0 Å². The number of hydrogen-bond acceptors (Lipinski definition) is 6. The zero-order valence-corrected chi connectivity index (χ0v) is 14.5. The number of nitrogens with zero attached hydrogens (tertiary/aromatic N) is 2. The van der Waals surface area contributed by atoms with Crippen molar-refractivity contribution < 1.29 is 12.8 Å². The highest BCUT2D eigenvalue weighted by molar-refractivity contribution is 7.89. The third-order valence-electron chi connectivity index (χ3n) is 3.49. The number of sulfonamides is 1. The average molecular weight is 338 g/mol. The SMILES string of the molecule is CNS(=O)(=O)c1ccc([C@@H](C)NCc2nnc(C(C)C)o2)cc1. The van der Waals surface area contributed by atoms with E-state index in [0.717, 1.165) is 5.56 Å². The maximum Gasteiger partial charge on any atom is 0.240 e. The van der Waals surface area contributed by atoms with Crippen LogP contribution in [0.15, 0.2) is 33.6 Å². The Balaban J connectivity index is 1.99. The van der Waals surface area contributed by atoms with E-state index in [-0.39, 0.29) is 16.9 Å². The number of hydrogen-bond donors (Lipinski definition) is 2. The fraction of sp³-hybridized carbons (Fsp3) is 0.467. The molecule has 1 aromatic heterocycles. The van der Waals surface area contributed by atoms with Crippen molar-refractivity contribution in [3.8, 4) is 0 Å². The van der Waals surface area contributed by atoms with Gasteiger partial charge in [0.05, 0.1) is 11.4 Å². The van der Waals surface area contributed by atoms with E-state index in [0.29, 0.717) is 18.3 Å². The molecule has 0 fully saturated rings. The zero-order chi connectivity index (χ0) is 17.0. The monoisotopic (exact) mass is 338 g/mol. The molecule has 1 aromatic carbocycles. The number of rotatable bonds is 7. The Morgan fingerprint density at radius 2 is 1.78 bits per heavy atom. The molecule has 8 heteroatoms. The molecule has 0 saturated heterocycles. The van der Waals surface area contributed by atoms with Gasteiger partial charge in [-0.15, -0.1) is 10.2 Å². The van der Waals surface area contributed by atoms with Gasteiger partial charge >= 0.3 is 0 Å². The first kappa shape index (κ1) is 17.6. The lowest BCUT2D eigenvalue weighted by Crippen LogP contribution is -2.20. The molecule has 126 valence electrons. The van der Waals surface area contributed by atoms with Crippen molar-refractivity contribution in [2.75, 3.05) is 7.05 Å². The molecule has 0 radical (unpaired) electrons. The number of aromatic nitrogens is 2. The molecule has 0 bridgehead atoms. The predicted molar refractivity (Wildman–Crippen MR) is 86.3 cm³/mol. The summed E-state index contributed by atoms with van der Waals surface area (Å²) in [5, 5.41) is 11.3. The van der Waals surface area contributed by atoms with E-state index in [2.05, 4.69) is 20.2 Å². The van der Waals surface area contributed by atoms with Crippen molar-refractivity contribution in [3.63, 3.8) is 0 Å². The van der Waals surface area contributed by atoms with Crippen LogP contribution in [0.5, 0.6) is 0 Å². The second-order valence-electron chi connectivity index (χ2n) is 5.57. The second kappa shape index (κ2) is 7.20. The highest BCUT2D eigenvalue weighted by Gasteiger charge is 2.13. The number of benzene rings is 1. The Bertz CT molecular complexity index is 738. The van der Waals surface area contributed by atoms with Crippen LogP contribution in [-0.2, 0) is 16.6 Å². The van der Waals surface area contributed by atoms with E-state index < -0.39 is 10.0 Å². The lowest BCUT2D eigenvalue weighted by atomic mass is 10.1. The van der Waals surface area contributed by atoms with Crippen molar-refractivity contribution in [2.24, 2.45) is 0 Å². The Morgan fingerprint density at radius 1 is 1.13 bits per heavy atom. The van der Waals surface area contributed by atoms with Crippen molar-refractivity contribution in [2.45, 2.75) is 44.2 Å². The van der Waals surface area contributed by atoms with Crippen LogP contribution in [0, 0.1) is 0 Å². The van der Waals surface area contributed by atoms with Gasteiger partial charge in [0.15, 0.2) is 0 Å². The normalized spacial score (nSPS) is 13.4. The van der Waals surface area contributed by atoms with Gasteiger partial charge in [-0.05, 0) is 31.7 Å². The van der Waals surface area contributed by atoms with Gasteiger partial charge in [0.2, 0.25) is 21.8 Å². The molecule has 0 saturated carbocycles. The van der Waals surface area contributed by atoms with Gasteiger partial charge < -0.3 is 9.73 Å². The molecule has 1 heterocycles. The molecule has 0 amide bonds. The third kappa shape index (κ3) is 4.37. The van der Waals surface area contributed by atoms with Gasteiger partial charge in [-0.2, -0.15) is 0 Å². The van der Waals surface area contributed by atoms with Gasteiger partial charge in [-0.3, -0.25) is 0 Å². The first-order valence-corrected chi connectivity index (χ1v) is 8.91. The maximum absolute atomic E-state index is 11.7. The molecule has 0 aliphatic heterocycles. The number of nitrogens with one attached hydrogen (secondary N) is 2. The lowest BCUT2D eigenvalue weighted by Gasteiger charge is -2.13. The van der Waals surface area contributed by atoms with Crippen molar-refractivity contribution in [1.82, 2.24) is 20.2 Å². The van der Waals surface area contributed by atoms with Gasteiger partial charge in [0, 0.05) is 12.0 Å². The van der Waals surface area contributed by atoms with E-state index in [1.807, 2.05) is 20.8 Å². The molecule has 0 unspecified atom stereocenters. The summed E-state index contributed by atoms with van der Waals surface area (Å²) < 4.78 is 31.2. The molecule has 0 aliphatic carbocycles. The van der Waals surface area contributed by atoms with Crippen molar-refractivity contribution in [1.29, 1.82) is 0 Å². The predicted octanol–water partition coefficient (Wildman–Crippen LogP) is 1.95. The lowest BCUT2D eigenvalue weighted by molar-refractivity contribution is 0.407. The van der Waals surface area contributed by atoms with E-state index in [9.17, 15) is 8.42 Å². The second-order valence-corrected chi connectivity index (χ2v) is 7.45. The molecule has 0 aliphatic rings. The molecule has 7 nitrogen and oxygen atoms in total. The van der Waals surface area contributed by atoms with Crippen LogP contribution in [0.4, 0.5) is 0 Å². The summed E-state index contributed by atoms with van der Waals surface area (Å²) in [6, 6.07) is 6.77. The Labute approximate surface area is 136 Å². The highest BCUT2D eigenvalue weighted by Crippen LogP contribution is 2.17. The summed E-state index contributed by atoms with van der Waals surface area (Å²) in [7, 11) is -2.01. The van der Waals surface area contributed by atoms with E-state index >= 15 is 0 Å². The Hall–Kier alpha value is -1.77. The quantitative estimate of drug-likeness (QED) is 0.801. The molecule has 2 rings (SSSR count). The first-order chi connectivity index (χ1) is 10.8. The summed E-state index contributed by atoms with van der Waals surface area (Å²) in [6.45, 7) is 6.43. The minimum Gasteiger partial charge on any atom is -0.424 e. The van der Waals surface area contributed by atoms with Gasteiger partial charge in [0.25, 0.3) is 0 Å². The van der Waals surface area contributed by atoms with E-state index in [1.54, 1.807) is 24.3 Å². The Morgan fingerprint density at radius 3 is 2.30 bits per heavy atom. The van der Waals surface area contributed by atoms with Crippen LogP contribution in [0.1, 0.15) is 50.1 Å². The maximum atomic E-state index is 11.7. The molecular weight excluding hydrogens is 316 g/mol. The third-order valence-corrected chi connectivity index (χ3v) is 4.93. The van der Waals surface area contributed by atoms with Gasteiger partial charge in [-0.1, -0.05) is 26.0 Å². The summed E-state index contributed by atoms with van der Waals surface area (Å²) in [5.74, 6) is 1.36.